The number of nitrogens with zero attached hydrogens (tertiary/aromatic N) is 3. The van der Waals surface area contributed by atoms with Crippen LogP contribution in [0, 0.1) is 13.8 Å². The average Bonchev–Trinajstić information content (AvgIpc) is 3.51. The number of amides is 1. The van der Waals surface area contributed by atoms with Crippen LogP contribution in [0.2, 0.25) is 0 Å². The van der Waals surface area contributed by atoms with Crippen molar-refractivity contribution in [1.82, 2.24) is 9.47 Å². The van der Waals surface area contributed by atoms with Gasteiger partial charge in [0.15, 0.2) is 0 Å². The van der Waals surface area contributed by atoms with E-state index in [-0.39, 0.29) is 12.0 Å². The molecule has 33 heavy (non-hydrogen) atoms. The van der Waals surface area contributed by atoms with Crippen LogP contribution in [-0.4, -0.2) is 65.3 Å². The van der Waals surface area contributed by atoms with E-state index < -0.39 is 0 Å². The molecule has 0 spiro atoms. The number of carbonyl (C=O) groups excluding carboxylic acids is 1. The van der Waals surface area contributed by atoms with Crippen molar-refractivity contribution in [3.05, 3.63) is 52.2 Å². The second-order valence-electron chi connectivity index (χ2n) is 8.71. The van der Waals surface area contributed by atoms with Gasteiger partial charge < -0.3 is 18.9 Å². The Balaban J connectivity index is 1.36. The molecule has 0 unspecified atom stereocenters. The smallest absolute Gasteiger partial charge is 0.266 e. The zero-order valence-electron chi connectivity index (χ0n) is 19.1. The highest BCUT2D eigenvalue weighted by molar-refractivity contribution is 8.26. The fourth-order valence-corrected chi connectivity index (χ4v) is 6.02. The minimum atomic E-state index is -0.0137. The van der Waals surface area contributed by atoms with Gasteiger partial charge >= 0.3 is 0 Å². The van der Waals surface area contributed by atoms with E-state index in [0.717, 1.165) is 68.4 Å². The minimum Gasteiger partial charge on any atom is -0.378 e. The summed E-state index contributed by atoms with van der Waals surface area (Å²) in [4.78, 5) is 17.8. The lowest BCUT2D eigenvalue weighted by molar-refractivity contribution is -0.123. The highest BCUT2D eigenvalue weighted by Gasteiger charge is 2.34. The van der Waals surface area contributed by atoms with E-state index in [1.807, 2.05) is 6.08 Å². The van der Waals surface area contributed by atoms with Crippen molar-refractivity contribution in [3.8, 4) is 5.69 Å². The zero-order valence-corrected chi connectivity index (χ0v) is 20.7. The highest BCUT2D eigenvalue weighted by atomic mass is 32.2. The Morgan fingerprint density at radius 2 is 1.85 bits per heavy atom. The Hall–Kier alpha value is -2.13. The largest absolute Gasteiger partial charge is 0.378 e. The topological polar surface area (TPSA) is 46.9 Å². The van der Waals surface area contributed by atoms with Gasteiger partial charge in [0, 0.05) is 42.5 Å². The van der Waals surface area contributed by atoms with Crippen molar-refractivity contribution in [1.29, 1.82) is 0 Å². The molecule has 6 nitrogen and oxygen atoms in total. The number of benzene rings is 1. The maximum absolute atomic E-state index is 13.0. The molecular weight excluding hydrogens is 454 g/mol. The van der Waals surface area contributed by atoms with Gasteiger partial charge in [-0.05, 0) is 68.7 Å². The molecule has 1 aromatic carbocycles. The number of rotatable bonds is 5. The van der Waals surface area contributed by atoms with Gasteiger partial charge in [-0.3, -0.25) is 9.69 Å². The molecule has 5 rings (SSSR count). The molecule has 0 bridgehead atoms. The van der Waals surface area contributed by atoms with E-state index in [9.17, 15) is 4.79 Å². The second-order valence-corrected chi connectivity index (χ2v) is 10.4. The average molecular weight is 484 g/mol. The molecule has 174 valence electrons. The number of hydrogen-bond donors (Lipinski definition) is 0. The van der Waals surface area contributed by atoms with Crippen LogP contribution in [0.15, 0.2) is 35.2 Å². The monoisotopic (exact) mass is 483 g/mol. The van der Waals surface area contributed by atoms with E-state index >= 15 is 0 Å². The number of anilines is 1. The summed E-state index contributed by atoms with van der Waals surface area (Å²) in [6.07, 6.45) is 4.11. The van der Waals surface area contributed by atoms with Gasteiger partial charge in [0.2, 0.25) is 0 Å². The van der Waals surface area contributed by atoms with Gasteiger partial charge in [-0.25, -0.2) is 0 Å². The van der Waals surface area contributed by atoms with E-state index in [4.69, 9.17) is 21.7 Å². The molecule has 1 atom stereocenters. The third-order valence-corrected chi connectivity index (χ3v) is 7.90. The van der Waals surface area contributed by atoms with Gasteiger partial charge in [0.25, 0.3) is 5.91 Å². The molecule has 3 aliphatic rings. The first kappa shape index (κ1) is 22.7. The van der Waals surface area contributed by atoms with Crippen LogP contribution in [0.1, 0.15) is 29.8 Å². The predicted molar refractivity (Wildman–Crippen MR) is 137 cm³/mol. The molecule has 1 amide bonds. The summed E-state index contributed by atoms with van der Waals surface area (Å²) in [5.74, 6) is -0.0137. The summed E-state index contributed by atoms with van der Waals surface area (Å²) in [6, 6.07) is 10.8. The van der Waals surface area contributed by atoms with Crippen LogP contribution in [0.4, 0.5) is 5.69 Å². The van der Waals surface area contributed by atoms with Crippen molar-refractivity contribution in [2.75, 3.05) is 44.4 Å². The third-order valence-electron chi connectivity index (χ3n) is 6.52. The van der Waals surface area contributed by atoms with Crippen molar-refractivity contribution >= 4 is 46.0 Å². The molecule has 3 aliphatic heterocycles. The number of thiocarbonyl (C=S) groups is 1. The van der Waals surface area contributed by atoms with Crippen molar-refractivity contribution < 1.29 is 14.3 Å². The number of morpholine rings is 1. The number of aryl methyl sites for hydroxylation is 1. The number of ether oxygens (including phenoxy) is 2. The summed E-state index contributed by atoms with van der Waals surface area (Å²) in [5.41, 5.74) is 5.62. The van der Waals surface area contributed by atoms with E-state index in [1.54, 1.807) is 4.90 Å². The fraction of sp³-hybridized carbons (Fsp3) is 0.440. The van der Waals surface area contributed by atoms with Gasteiger partial charge in [-0.2, -0.15) is 0 Å². The summed E-state index contributed by atoms with van der Waals surface area (Å²) < 4.78 is 14.0. The molecule has 3 fully saturated rings. The van der Waals surface area contributed by atoms with Crippen LogP contribution in [0.5, 0.6) is 0 Å². The molecule has 4 heterocycles. The SMILES string of the molecule is Cc1cc(/C=C2\SC(=S)N(C[C@H]3CCCO3)C2=O)c(C)n1-c1ccc(N2CCOCC2)cc1. The number of carbonyl (C=O) groups is 1. The lowest BCUT2D eigenvalue weighted by Gasteiger charge is -2.29. The molecule has 0 aliphatic carbocycles. The predicted octanol–water partition coefficient (Wildman–Crippen LogP) is 4.31. The normalized spacial score (nSPS) is 22.7. The summed E-state index contributed by atoms with van der Waals surface area (Å²) in [7, 11) is 0. The Morgan fingerprint density at radius 1 is 1.12 bits per heavy atom. The van der Waals surface area contributed by atoms with E-state index in [1.165, 1.54) is 17.4 Å². The second kappa shape index (κ2) is 9.62. The zero-order chi connectivity index (χ0) is 22.9. The number of hydrogen-bond acceptors (Lipinski definition) is 6. The van der Waals surface area contributed by atoms with Crippen molar-refractivity contribution in [3.63, 3.8) is 0 Å². The molecule has 0 N–H and O–H groups in total. The van der Waals surface area contributed by atoms with Gasteiger partial charge in [0.1, 0.15) is 4.32 Å². The first-order valence-electron chi connectivity index (χ1n) is 11.5. The van der Waals surface area contributed by atoms with Crippen molar-refractivity contribution in [2.24, 2.45) is 0 Å². The Bertz CT molecular complexity index is 1080. The molecule has 0 saturated carbocycles. The quantitative estimate of drug-likeness (QED) is 0.467. The van der Waals surface area contributed by atoms with Crippen LogP contribution in [-0.2, 0) is 14.3 Å². The summed E-state index contributed by atoms with van der Waals surface area (Å²) >= 11 is 6.89. The van der Waals surface area contributed by atoms with Gasteiger partial charge in [0.05, 0.1) is 30.8 Å². The standard InChI is InChI=1S/C25H29N3O3S2/c1-17-14-19(15-23-24(29)27(25(32)33-23)16-22-4-3-11-31-22)18(2)28(17)21-7-5-20(6-8-21)26-9-12-30-13-10-26/h5-8,14-15,22H,3-4,9-13,16H2,1-2H3/b23-15-/t22-/m1/s1. The highest BCUT2D eigenvalue weighted by Crippen LogP contribution is 2.35. The number of thioether (sulfide) groups is 1. The molecule has 2 aromatic rings. The molecule has 8 heteroatoms. The maximum Gasteiger partial charge on any atom is 0.266 e. The van der Waals surface area contributed by atoms with Crippen LogP contribution in [0.25, 0.3) is 11.8 Å². The fourth-order valence-electron chi connectivity index (χ4n) is 4.76. The molecule has 0 radical (unpaired) electrons. The van der Waals surface area contributed by atoms with Gasteiger partial charge in [-0.1, -0.05) is 24.0 Å². The van der Waals surface area contributed by atoms with E-state index in [2.05, 4.69) is 53.6 Å². The first-order valence-corrected chi connectivity index (χ1v) is 12.7. The van der Waals surface area contributed by atoms with Crippen LogP contribution in [0.3, 0.4) is 0 Å². The lowest BCUT2D eigenvalue weighted by Crippen LogP contribution is -2.36. The summed E-state index contributed by atoms with van der Waals surface area (Å²) in [5, 5.41) is 0. The Kier molecular flexibility index (Phi) is 6.60. The maximum atomic E-state index is 13.0. The Labute approximate surface area is 204 Å². The molecular formula is C25H29N3O3S2. The van der Waals surface area contributed by atoms with Crippen LogP contribution >= 0.6 is 24.0 Å². The number of aromatic nitrogens is 1. The first-order chi connectivity index (χ1) is 16.0. The van der Waals surface area contributed by atoms with Crippen LogP contribution < -0.4 is 4.90 Å². The lowest BCUT2D eigenvalue weighted by atomic mass is 10.2. The third kappa shape index (κ3) is 4.62. The van der Waals surface area contributed by atoms with Crippen molar-refractivity contribution in [2.45, 2.75) is 32.8 Å². The Morgan fingerprint density at radius 3 is 2.55 bits per heavy atom. The molecule has 3 saturated heterocycles. The summed E-state index contributed by atoms with van der Waals surface area (Å²) in [6.45, 7) is 8.93. The minimum absolute atomic E-state index is 0.0137. The molecule has 1 aromatic heterocycles. The van der Waals surface area contributed by atoms with E-state index in [0.29, 0.717) is 15.8 Å². The van der Waals surface area contributed by atoms with Gasteiger partial charge in [-0.15, -0.1) is 0 Å².